The Balaban J connectivity index is 2.60. The predicted molar refractivity (Wildman–Crippen MR) is 64.2 cm³/mol. The van der Waals surface area contributed by atoms with Crippen LogP contribution in [0.5, 0.6) is 0 Å². The summed E-state index contributed by atoms with van der Waals surface area (Å²) in [5.74, 6) is 0.646. The Kier molecular flexibility index (Phi) is 4.19. The minimum absolute atomic E-state index is 0.138. The average molecular weight is 228 g/mol. The van der Waals surface area contributed by atoms with E-state index in [9.17, 15) is 4.79 Å². The molecule has 0 bridgehead atoms. The predicted octanol–water partition coefficient (Wildman–Crippen LogP) is 1.98. The highest BCUT2D eigenvalue weighted by molar-refractivity contribution is 5.68. The molecule has 0 aliphatic carbocycles. The van der Waals surface area contributed by atoms with Crippen LogP contribution in [0.2, 0.25) is 0 Å². The molecule has 94 valence electrons. The van der Waals surface area contributed by atoms with Crippen LogP contribution in [0.1, 0.15) is 40.5 Å². The summed E-state index contributed by atoms with van der Waals surface area (Å²) in [6.07, 6.45) is 1.79. The van der Waals surface area contributed by atoms with E-state index < -0.39 is 5.60 Å². The van der Waals surface area contributed by atoms with Gasteiger partial charge in [-0.2, -0.15) is 0 Å². The number of rotatable bonds is 1. The molecule has 4 nitrogen and oxygen atoms in total. The SMILES string of the molecule is C[C@@H]1CCN(C(=O)OC(C)(C)C)[C@H](CN)C1. The van der Waals surface area contributed by atoms with Gasteiger partial charge in [-0.15, -0.1) is 0 Å². The molecule has 0 unspecified atom stereocenters. The van der Waals surface area contributed by atoms with Gasteiger partial charge in [-0.25, -0.2) is 4.79 Å². The topological polar surface area (TPSA) is 55.6 Å². The van der Waals surface area contributed by atoms with Crippen molar-refractivity contribution < 1.29 is 9.53 Å². The van der Waals surface area contributed by atoms with Crippen LogP contribution in [0.4, 0.5) is 4.79 Å². The number of hydrogen-bond donors (Lipinski definition) is 1. The second-order valence-corrected chi connectivity index (χ2v) is 5.69. The highest BCUT2D eigenvalue weighted by Crippen LogP contribution is 2.23. The third-order valence-corrected chi connectivity index (χ3v) is 2.88. The van der Waals surface area contributed by atoms with Gasteiger partial charge in [0.15, 0.2) is 0 Å². The lowest BCUT2D eigenvalue weighted by molar-refractivity contribution is 0.00675. The van der Waals surface area contributed by atoms with E-state index in [0.717, 1.165) is 19.4 Å². The molecule has 0 aromatic carbocycles. The normalized spacial score (nSPS) is 26.7. The molecule has 16 heavy (non-hydrogen) atoms. The lowest BCUT2D eigenvalue weighted by atomic mass is 9.93. The van der Waals surface area contributed by atoms with Crippen molar-refractivity contribution in [1.82, 2.24) is 4.90 Å². The van der Waals surface area contributed by atoms with Gasteiger partial charge in [0, 0.05) is 19.1 Å². The van der Waals surface area contributed by atoms with Crippen molar-refractivity contribution >= 4 is 6.09 Å². The monoisotopic (exact) mass is 228 g/mol. The number of hydrogen-bond acceptors (Lipinski definition) is 3. The van der Waals surface area contributed by atoms with E-state index in [1.807, 2.05) is 20.8 Å². The first-order valence-corrected chi connectivity index (χ1v) is 6.03. The molecule has 1 saturated heterocycles. The number of ether oxygens (including phenoxy) is 1. The van der Waals surface area contributed by atoms with Gasteiger partial charge in [-0.05, 0) is 39.5 Å². The molecule has 0 spiro atoms. The lowest BCUT2D eigenvalue weighted by Crippen LogP contribution is -2.50. The van der Waals surface area contributed by atoms with E-state index in [4.69, 9.17) is 10.5 Å². The Hall–Kier alpha value is -0.770. The smallest absolute Gasteiger partial charge is 0.410 e. The van der Waals surface area contributed by atoms with Crippen LogP contribution in [-0.4, -0.2) is 35.7 Å². The number of amides is 1. The molecule has 2 N–H and O–H groups in total. The van der Waals surface area contributed by atoms with Crippen LogP contribution < -0.4 is 5.73 Å². The van der Waals surface area contributed by atoms with Crippen molar-refractivity contribution in [3.63, 3.8) is 0 Å². The molecule has 4 heteroatoms. The van der Waals surface area contributed by atoms with Crippen LogP contribution in [-0.2, 0) is 4.74 Å². The maximum atomic E-state index is 11.9. The van der Waals surface area contributed by atoms with Gasteiger partial charge in [0.2, 0.25) is 0 Å². The number of nitrogens with zero attached hydrogens (tertiary/aromatic N) is 1. The average Bonchev–Trinajstić information content (AvgIpc) is 2.14. The van der Waals surface area contributed by atoms with Crippen molar-refractivity contribution in [2.45, 2.75) is 52.2 Å². The zero-order chi connectivity index (χ0) is 12.3. The summed E-state index contributed by atoms with van der Waals surface area (Å²) >= 11 is 0. The van der Waals surface area contributed by atoms with E-state index in [2.05, 4.69) is 6.92 Å². The fourth-order valence-electron chi connectivity index (χ4n) is 2.04. The second-order valence-electron chi connectivity index (χ2n) is 5.69. The van der Waals surface area contributed by atoms with Crippen molar-refractivity contribution in [2.24, 2.45) is 11.7 Å². The minimum atomic E-state index is -0.431. The van der Waals surface area contributed by atoms with Crippen LogP contribution in [0, 0.1) is 5.92 Å². The fraction of sp³-hybridized carbons (Fsp3) is 0.917. The van der Waals surface area contributed by atoms with Crippen LogP contribution in [0.25, 0.3) is 0 Å². The number of carbonyl (C=O) groups excluding carboxylic acids is 1. The van der Waals surface area contributed by atoms with Gasteiger partial charge in [0.25, 0.3) is 0 Å². The summed E-state index contributed by atoms with van der Waals surface area (Å²) < 4.78 is 5.38. The quantitative estimate of drug-likeness (QED) is 0.746. The van der Waals surface area contributed by atoms with Gasteiger partial charge in [-0.3, -0.25) is 0 Å². The van der Waals surface area contributed by atoms with E-state index in [1.54, 1.807) is 4.90 Å². The zero-order valence-corrected chi connectivity index (χ0v) is 10.8. The number of carbonyl (C=O) groups is 1. The molecule has 1 fully saturated rings. The Morgan fingerprint density at radius 1 is 1.50 bits per heavy atom. The first kappa shape index (κ1) is 13.3. The molecular weight excluding hydrogens is 204 g/mol. The van der Waals surface area contributed by atoms with E-state index in [0.29, 0.717) is 12.5 Å². The van der Waals surface area contributed by atoms with Crippen molar-refractivity contribution in [3.05, 3.63) is 0 Å². The molecule has 1 aliphatic heterocycles. The van der Waals surface area contributed by atoms with Crippen LogP contribution in [0.3, 0.4) is 0 Å². The van der Waals surface area contributed by atoms with Gasteiger partial charge in [0.05, 0.1) is 0 Å². The minimum Gasteiger partial charge on any atom is -0.444 e. The summed E-state index contributed by atoms with van der Waals surface area (Å²) in [6.45, 7) is 9.13. The van der Waals surface area contributed by atoms with E-state index in [1.165, 1.54) is 0 Å². The fourth-order valence-corrected chi connectivity index (χ4v) is 2.04. The lowest BCUT2D eigenvalue weighted by Gasteiger charge is -2.38. The molecule has 1 amide bonds. The molecule has 0 saturated carbocycles. The highest BCUT2D eigenvalue weighted by Gasteiger charge is 2.31. The van der Waals surface area contributed by atoms with Gasteiger partial charge in [-0.1, -0.05) is 6.92 Å². The third kappa shape index (κ3) is 3.67. The first-order valence-electron chi connectivity index (χ1n) is 6.03. The first-order chi connectivity index (χ1) is 7.33. The largest absolute Gasteiger partial charge is 0.444 e. The Labute approximate surface area is 98.1 Å². The van der Waals surface area contributed by atoms with Crippen molar-refractivity contribution in [3.8, 4) is 0 Å². The standard InChI is InChI=1S/C12H24N2O2/c1-9-5-6-14(10(7-9)8-13)11(15)16-12(2,3)4/h9-10H,5-8,13H2,1-4H3/t9-,10+/m1/s1. The molecule has 1 aliphatic rings. The van der Waals surface area contributed by atoms with Crippen molar-refractivity contribution in [2.75, 3.05) is 13.1 Å². The summed E-state index contributed by atoms with van der Waals surface area (Å²) in [5, 5.41) is 0. The second kappa shape index (κ2) is 5.04. The van der Waals surface area contributed by atoms with Crippen molar-refractivity contribution in [1.29, 1.82) is 0 Å². The molecule has 2 atom stereocenters. The highest BCUT2D eigenvalue weighted by atomic mass is 16.6. The number of nitrogens with two attached hydrogens (primary N) is 1. The Morgan fingerprint density at radius 3 is 2.62 bits per heavy atom. The van der Waals surface area contributed by atoms with Crippen LogP contribution in [0.15, 0.2) is 0 Å². The third-order valence-electron chi connectivity index (χ3n) is 2.88. The molecule has 1 heterocycles. The van der Waals surface area contributed by atoms with E-state index >= 15 is 0 Å². The van der Waals surface area contributed by atoms with Gasteiger partial charge in [0.1, 0.15) is 5.60 Å². The van der Waals surface area contributed by atoms with E-state index in [-0.39, 0.29) is 12.1 Å². The zero-order valence-electron chi connectivity index (χ0n) is 10.8. The molecule has 0 radical (unpaired) electrons. The Bertz CT molecular complexity index is 248. The molecule has 1 rings (SSSR count). The number of likely N-dealkylation sites (tertiary alicyclic amines) is 1. The molecule has 0 aromatic heterocycles. The number of piperidine rings is 1. The summed E-state index contributed by atoms with van der Waals surface area (Å²) in [5.41, 5.74) is 5.28. The Morgan fingerprint density at radius 2 is 2.12 bits per heavy atom. The van der Waals surface area contributed by atoms with Gasteiger partial charge < -0.3 is 15.4 Å². The maximum Gasteiger partial charge on any atom is 0.410 e. The maximum absolute atomic E-state index is 11.9. The van der Waals surface area contributed by atoms with Gasteiger partial charge >= 0.3 is 6.09 Å². The van der Waals surface area contributed by atoms with Crippen LogP contribution >= 0.6 is 0 Å². The summed E-state index contributed by atoms with van der Waals surface area (Å²) in [6, 6.07) is 0.138. The summed E-state index contributed by atoms with van der Waals surface area (Å²) in [7, 11) is 0. The summed E-state index contributed by atoms with van der Waals surface area (Å²) in [4.78, 5) is 13.7. The molecule has 0 aromatic rings. The molecular formula is C12H24N2O2.